The van der Waals surface area contributed by atoms with Crippen LogP contribution in [-0.2, 0) is 9.59 Å². The fourth-order valence-corrected chi connectivity index (χ4v) is 1.49. The molecule has 0 radical (unpaired) electrons. The second-order valence-corrected chi connectivity index (χ2v) is 3.99. The standard InChI is InChI=1S/C11H15N5O2/c1-6(12-2)11(18)16-8-4-3-7-10(15-8)13-5-9(17)14-7/h3-4,6,12H,5H2,1-2H3,(H,14,17)(H2,13,15,16,18). The molecule has 0 spiro atoms. The van der Waals surface area contributed by atoms with Crippen molar-refractivity contribution in [3.05, 3.63) is 12.1 Å². The number of likely N-dealkylation sites (N-methyl/N-ethyl adjacent to an activating group) is 1. The lowest BCUT2D eigenvalue weighted by Gasteiger charge is -2.18. The first-order chi connectivity index (χ1) is 8.60. The van der Waals surface area contributed by atoms with Gasteiger partial charge in [0.05, 0.1) is 18.3 Å². The van der Waals surface area contributed by atoms with Gasteiger partial charge < -0.3 is 21.3 Å². The summed E-state index contributed by atoms with van der Waals surface area (Å²) in [7, 11) is 1.71. The fourth-order valence-electron chi connectivity index (χ4n) is 1.49. The maximum atomic E-state index is 11.7. The molecule has 7 nitrogen and oxygen atoms in total. The zero-order valence-electron chi connectivity index (χ0n) is 10.2. The van der Waals surface area contributed by atoms with E-state index in [1.807, 2.05) is 0 Å². The van der Waals surface area contributed by atoms with Gasteiger partial charge in [-0.2, -0.15) is 0 Å². The van der Waals surface area contributed by atoms with E-state index in [0.717, 1.165) is 0 Å². The Morgan fingerprint density at radius 3 is 3.00 bits per heavy atom. The van der Waals surface area contributed by atoms with Crippen molar-refractivity contribution < 1.29 is 9.59 Å². The van der Waals surface area contributed by atoms with Gasteiger partial charge in [-0.15, -0.1) is 0 Å². The Morgan fingerprint density at radius 1 is 1.50 bits per heavy atom. The molecule has 96 valence electrons. The molecule has 1 aromatic heterocycles. The number of fused-ring (bicyclic) bond motifs is 1. The second kappa shape index (κ2) is 5.01. The molecule has 1 aliphatic heterocycles. The number of pyridine rings is 1. The van der Waals surface area contributed by atoms with E-state index < -0.39 is 0 Å². The van der Waals surface area contributed by atoms with Crippen molar-refractivity contribution >= 4 is 29.1 Å². The molecule has 18 heavy (non-hydrogen) atoms. The molecule has 7 heteroatoms. The topological polar surface area (TPSA) is 95.2 Å². The molecule has 1 atom stereocenters. The van der Waals surface area contributed by atoms with Gasteiger partial charge in [0.25, 0.3) is 0 Å². The lowest BCUT2D eigenvalue weighted by atomic mass is 10.3. The van der Waals surface area contributed by atoms with Crippen molar-refractivity contribution in [2.45, 2.75) is 13.0 Å². The largest absolute Gasteiger partial charge is 0.359 e. The summed E-state index contributed by atoms with van der Waals surface area (Å²) in [5.41, 5.74) is 0.617. The highest BCUT2D eigenvalue weighted by atomic mass is 16.2. The van der Waals surface area contributed by atoms with E-state index in [0.29, 0.717) is 17.3 Å². The summed E-state index contributed by atoms with van der Waals surface area (Å²) in [6.45, 7) is 1.94. The monoisotopic (exact) mass is 249 g/mol. The number of nitrogens with one attached hydrogen (secondary N) is 4. The summed E-state index contributed by atoms with van der Waals surface area (Å²) < 4.78 is 0. The van der Waals surface area contributed by atoms with Crippen LogP contribution in [0.1, 0.15) is 6.92 Å². The molecule has 0 aromatic carbocycles. The average molecular weight is 249 g/mol. The highest BCUT2D eigenvalue weighted by Gasteiger charge is 2.17. The molecular weight excluding hydrogens is 234 g/mol. The summed E-state index contributed by atoms with van der Waals surface area (Å²) in [5, 5.41) is 11.1. The van der Waals surface area contributed by atoms with Gasteiger partial charge in [-0.05, 0) is 26.1 Å². The van der Waals surface area contributed by atoms with E-state index in [2.05, 4.69) is 26.3 Å². The number of rotatable bonds is 3. The predicted molar refractivity (Wildman–Crippen MR) is 68.5 cm³/mol. The van der Waals surface area contributed by atoms with Crippen molar-refractivity contribution in [1.29, 1.82) is 0 Å². The lowest BCUT2D eigenvalue weighted by Crippen LogP contribution is -2.36. The van der Waals surface area contributed by atoms with Gasteiger partial charge in [-0.1, -0.05) is 0 Å². The number of carbonyl (C=O) groups excluding carboxylic acids is 2. The fraction of sp³-hybridized carbons (Fsp3) is 0.364. The number of amides is 2. The van der Waals surface area contributed by atoms with Gasteiger partial charge in [0, 0.05) is 0 Å². The van der Waals surface area contributed by atoms with Crippen molar-refractivity contribution in [2.75, 3.05) is 29.5 Å². The van der Waals surface area contributed by atoms with Gasteiger partial charge in [0.2, 0.25) is 11.8 Å². The number of hydrogen-bond donors (Lipinski definition) is 4. The first kappa shape index (κ1) is 12.3. The predicted octanol–water partition coefficient (Wildman–Crippen LogP) is -0.00800. The van der Waals surface area contributed by atoms with Crippen LogP contribution >= 0.6 is 0 Å². The third kappa shape index (κ3) is 2.57. The zero-order valence-corrected chi connectivity index (χ0v) is 10.2. The second-order valence-electron chi connectivity index (χ2n) is 3.99. The van der Waals surface area contributed by atoms with Gasteiger partial charge in [-0.25, -0.2) is 4.98 Å². The maximum Gasteiger partial charge on any atom is 0.243 e. The number of carbonyl (C=O) groups is 2. The van der Waals surface area contributed by atoms with Crippen molar-refractivity contribution in [3.63, 3.8) is 0 Å². The Labute approximate surface area is 104 Å². The Balaban J connectivity index is 2.12. The highest BCUT2D eigenvalue weighted by Crippen LogP contribution is 2.24. The van der Waals surface area contributed by atoms with E-state index in [-0.39, 0.29) is 24.4 Å². The molecule has 2 heterocycles. The van der Waals surface area contributed by atoms with Crippen LogP contribution in [0.5, 0.6) is 0 Å². The van der Waals surface area contributed by atoms with Gasteiger partial charge in [0.1, 0.15) is 5.82 Å². The molecule has 1 aromatic rings. The molecule has 1 aliphatic rings. The molecule has 0 saturated heterocycles. The lowest BCUT2D eigenvalue weighted by molar-refractivity contribution is -0.117. The minimum absolute atomic E-state index is 0.107. The first-order valence-electron chi connectivity index (χ1n) is 5.63. The van der Waals surface area contributed by atoms with Gasteiger partial charge in [0.15, 0.2) is 5.82 Å². The van der Waals surface area contributed by atoms with Gasteiger partial charge in [-0.3, -0.25) is 9.59 Å². The molecular formula is C11H15N5O2. The molecule has 2 amide bonds. The zero-order chi connectivity index (χ0) is 13.1. The molecule has 0 aliphatic carbocycles. The number of aromatic nitrogens is 1. The minimum atomic E-state index is -0.296. The molecule has 4 N–H and O–H groups in total. The van der Waals surface area contributed by atoms with Crippen molar-refractivity contribution in [2.24, 2.45) is 0 Å². The Bertz CT molecular complexity index is 488. The molecule has 2 rings (SSSR count). The summed E-state index contributed by atoms with van der Waals surface area (Å²) in [6, 6.07) is 3.05. The van der Waals surface area contributed by atoms with E-state index in [1.54, 1.807) is 26.1 Å². The number of anilines is 3. The summed E-state index contributed by atoms with van der Waals surface area (Å²) in [5.74, 6) is 0.740. The van der Waals surface area contributed by atoms with E-state index in [4.69, 9.17) is 0 Å². The summed E-state index contributed by atoms with van der Waals surface area (Å²) in [6.07, 6.45) is 0. The normalized spacial score (nSPS) is 15.1. The Kier molecular flexibility index (Phi) is 3.42. The van der Waals surface area contributed by atoms with E-state index in [9.17, 15) is 9.59 Å². The van der Waals surface area contributed by atoms with Crippen LogP contribution in [0.3, 0.4) is 0 Å². The third-order valence-electron chi connectivity index (χ3n) is 2.66. The molecule has 0 saturated carbocycles. The van der Waals surface area contributed by atoms with Crippen LogP contribution in [0, 0.1) is 0 Å². The average Bonchev–Trinajstić information content (AvgIpc) is 2.38. The van der Waals surface area contributed by atoms with Crippen molar-refractivity contribution in [1.82, 2.24) is 10.3 Å². The first-order valence-corrected chi connectivity index (χ1v) is 5.63. The summed E-state index contributed by atoms with van der Waals surface area (Å²) >= 11 is 0. The quantitative estimate of drug-likeness (QED) is 0.604. The van der Waals surface area contributed by atoms with Crippen LogP contribution in [0.15, 0.2) is 12.1 Å². The van der Waals surface area contributed by atoms with Gasteiger partial charge >= 0.3 is 0 Å². The maximum absolute atomic E-state index is 11.7. The number of nitrogens with zero attached hydrogens (tertiary/aromatic N) is 1. The smallest absolute Gasteiger partial charge is 0.243 e. The molecule has 1 unspecified atom stereocenters. The highest BCUT2D eigenvalue weighted by molar-refractivity contribution is 6.00. The van der Waals surface area contributed by atoms with Crippen LogP contribution in [-0.4, -0.2) is 36.4 Å². The van der Waals surface area contributed by atoms with Crippen molar-refractivity contribution in [3.8, 4) is 0 Å². The van der Waals surface area contributed by atoms with Crippen LogP contribution in [0.2, 0.25) is 0 Å². The minimum Gasteiger partial charge on any atom is -0.359 e. The SMILES string of the molecule is CNC(C)C(=O)Nc1ccc2c(n1)NCC(=O)N2. The Morgan fingerprint density at radius 2 is 2.28 bits per heavy atom. The van der Waals surface area contributed by atoms with Crippen LogP contribution in [0.25, 0.3) is 0 Å². The third-order valence-corrected chi connectivity index (χ3v) is 2.66. The molecule has 0 bridgehead atoms. The molecule has 0 fully saturated rings. The summed E-state index contributed by atoms with van der Waals surface area (Å²) in [4.78, 5) is 27.0. The van der Waals surface area contributed by atoms with Crippen LogP contribution in [0.4, 0.5) is 17.3 Å². The number of hydrogen-bond acceptors (Lipinski definition) is 5. The van der Waals surface area contributed by atoms with E-state index >= 15 is 0 Å². The Hall–Kier alpha value is -2.15. The van der Waals surface area contributed by atoms with Crippen LogP contribution < -0.4 is 21.3 Å². The van der Waals surface area contributed by atoms with E-state index in [1.165, 1.54) is 0 Å².